The number of imide groups is 1. The molecule has 3 N–H and O–H groups in total. The molecule has 33 heavy (non-hydrogen) atoms. The van der Waals surface area contributed by atoms with Gasteiger partial charge in [0.2, 0.25) is 11.8 Å². The van der Waals surface area contributed by atoms with E-state index in [0.29, 0.717) is 29.6 Å². The van der Waals surface area contributed by atoms with Crippen LogP contribution in [0.4, 0.5) is 15.8 Å². The number of benzene rings is 1. The number of morpholine rings is 1. The summed E-state index contributed by atoms with van der Waals surface area (Å²) < 4.78 is 21.7. The standard InChI is InChI=1S/C24H31FN4O4/c1-11-8-29-21-15(5-16(6-19(21)25)28-9-17-18(10-28)20(17)26)7-24(13(3)30,22(29)12(2)33-11)23(32)27-14(4)31/h5-6,11-12,17-18,20,22H,7-10,26H2,1-4H3,(H,27,31,32)/t11-,12+,17-,18+,20+,22-,24+/m1/s1. The van der Waals surface area contributed by atoms with Gasteiger partial charge in [0.05, 0.1) is 23.9 Å². The molecule has 3 heterocycles. The molecule has 1 aromatic carbocycles. The average Bonchev–Trinajstić information content (AvgIpc) is 3.11. The van der Waals surface area contributed by atoms with Crippen molar-refractivity contribution in [3.8, 4) is 0 Å². The summed E-state index contributed by atoms with van der Waals surface area (Å²) in [6.45, 7) is 8.18. The van der Waals surface area contributed by atoms with Crippen LogP contribution in [0.2, 0.25) is 0 Å². The van der Waals surface area contributed by atoms with Crippen LogP contribution < -0.4 is 20.9 Å². The van der Waals surface area contributed by atoms with Crippen molar-refractivity contribution in [1.29, 1.82) is 0 Å². The van der Waals surface area contributed by atoms with Crippen molar-refractivity contribution >= 4 is 29.0 Å². The van der Waals surface area contributed by atoms with E-state index in [4.69, 9.17) is 10.5 Å². The quantitative estimate of drug-likeness (QED) is 0.651. The van der Waals surface area contributed by atoms with E-state index in [-0.39, 0.29) is 30.2 Å². The maximum absolute atomic E-state index is 15.7. The van der Waals surface area contributed by atoms with Gasteiger partial charge in [0.15, 0.2) is 0 Å². The molecular formula is C24H31FN4O4. The van der Waals surface area contributed by atoms with E-state index in [2.05, 4.69) is 10.2 Å². The van der Waals surface area contributed by atoms with Crippen LogP contribution in [0.3, 0.4) is 0 Å². The van der Waals surface area contributed by atoms with Crippen molar-refractivity contribution in [2.75, 3.05) is 29.4 Å². The second-order valence-corrected chi connectivity index (χ2v) is 10.2. The van der Waals surface area contributed by atoms with E-state index in [0.717, 1.165) is 18.8 Å². The number of ether oxygens (including phenoxy) is 1. The Bertz CT molecular complexity index is 1040. The third kappa shape index (κ3) is 3.27. The number of hydrogen-bond acceptors (Lipinski definition) is 7. The largest absolute Gasteiger partial charge is 0.372 e. The Kier molecular flexibility index (Phi) is 5.06. The van der Waals surface area contributed by atoms with E-state index in [1.54, 1.807) is 13.0 Å². The smallest absolute Gasteiger partial charge is 0.242 e. The molecule has 9 heteroatoms. The van der Waals surface area contributed by atoms with E-state index in [1.165, 1.54) is 13.8 Å². The van der Waals surface area contributed by atoms with Crippen LogP contribution in [0, 0.1) is 23.1 Å². The lowest BCUT2D eigenvalue weighted by Crippen LogP contribution is -2.70. The molecule has 0 unspecified atom stereocenters. The molecule has 5 rings (SSSR count). The van der Waals surface area contributed by atoms with Crippen molar-refractivity contribution in [3.05, 3.63) is 23.5 Å². The predicted molar refractivity (Wildman–Crippen MR) is 120 cm³/mol. The Balaban J connectivity index is 1.62. The van der Waals surface area contributed by atoms with Gasteiger partial charge in [-0.15, -0.1) is 0 Å². The molecule has 8 nitrogen and oxygen atoms in total. The van der Waals surface area contributed by atoms with Crippen LogP contribution in [0.25, 0.3) is 0 Å². The SMILES string of the molecule is CC(=O)NC(=O)[C@]1(C(C)=O)Cc2cc(N3C[C@@H]4[C@@H](N)[C@@H]4C3)cc(F)c2N2C[C@@H](C)O[C@@H](C)[C@@H]21. The second-order valence-electron chi connectivity index (χ2n) is 10.2. The van der Waals surface area contributed by atoms with Gasteiger partial charge in [-0.25, -0.2) is 4.39 Å². The predicted octanol–water partition coefficient (Wildman–Crippen LogP) is 0.995. The molecule has 178 valence electrons. The molecule has 3 aliphatic heterocycles. The molecule has 7 atom stereocenters. The van der Waals surface area contributed by atoms with Crippen molar-refractivity contribution in [2.45, 2.75) is 58.4 Å². The lowest BCUT2D eigenvalue weighted by Gasteiger charge is -2.54. The number of halogens is 1. The lowest BCUT2D eigenvalue weighted by molar-refractivity contribution is -0.151. The minimum atomic E-state index is -1.57. The Hall–Kier alpha value is -2.52. The first-order valence-corrected chi connectivity index (χ1v) is 11.6. The summed E-state index contributed by atoms with van der Waals surface area (Å²) in [7, 11) is 0. The molecule has 0 aromatic heterocycles. The van der Waals surface area contributed by atoms with Crippen molar-refractivity contribution in [3.63, 3.8) is 0 Å². The molecule has 2 amide bonds. The number of fused-ring (bicyclic) bond motifs is 4. The molecule has 1 saturated carbocycles. The number of ketones is 1. The van der Waals surface area contributed by atoms with Gasteiger partial charge in [-0.2, -0.15) is 0 Å². The fraction of sp³-hybridized carbons (Fsp3) is 0.625. The minimum Gasteiger partial charge on any atom is -0.372 e. The Morgan fingerprint density at radius 3 is 2.42 bits per heavy atom. The molecule has 4 aliphatic rings. The van der Waals surface area contributed by atoms with Gasteiger partial charge in [0, 0.05) is 38.3 Å². The van der Waals surface area contributed by atoms with Gasteiger partial charge in [0.25, 0.3) is 0 Å². The summed E-state index contributed by atoms with van der Waals surface area (Å²) in [5.74, 6) is -1.07. The van der Waals surface area contributed by atoms with Crippen LogP contribution in [0.1, 0.15) is 33.3 Å². The van der Waals surface area contributed by atoms with E-state index in [1.807, 2.05) is 17.9 Å². The number of rotatable bonds is 3. The number of amides is 2. The Morgan fingerprint density at radius 2 is 1.82 bits per heavy atom. The number of Topliss-reactive ketones (excluding diaryl/α,β-unsaturated/α-hetero) is 1. The molecule has 1 aliphatic carbocycles. The van der Waals surface area contributed by atoms with Gasteiger partial charge < -0.3 is 20.3 Å². The number of piperidine rings is 1. The van der Waals surface area contributed by atoms with Gasteiger partial charge in [-0.05, 0) is 56.7 Å². The number of nitrogens with zero attached hydrogens (tertiary/aromatic N) is 2. The molecular weight excluding hydrogens is 427 g/mol. The molecule has 0 spiro atoms. The number of nitrogens with one attached hydrogen (secondary N) is 1. The summed E-state index contributed by atoms with van der Waals surface area (Å²) in [4.78, 5) is 42.3. The summed E-state index contributed by atoms with van der Waals surface area (Å²) in [5, 5.41) is 2.33. The van der Waals surface area contributed by atoms with Crippen LogP contribution in [-0.4, -0.2) is 61.5 Å². The molecule has 0 radical (unpaired) electrons. The van der Waals surface area contributed by atoms with Crippen molar-refractivity contribution < 1.29 is 23.5 Å². The van der Waals surface area contributed by atoms with Crippen LogP contribution >= 0.6 is 0 Å². The highest BCUT2D eigenvalue weighted by molar-refractivity contribution is 6.11. The monoisotopic (exact) mass is 458 g/mol. The fourth-order valence-corrected chi connectivity index (χ4v) is 6.47. The van der Waals surface area contributed by atoms with Gasteiger partial charge in [-0.1, -0.05) is 0 Å². The maximum atomic E-state index is 15.7. The summed E-state index contributed by atoms with van der Waals surface area (Å²) in [5.41, 5.74) is 6.25. The highest BCUT2D eigenvalue weighted by atomic mass is 19.1. The number of nitrogens with two attached hydrogens (primary N) is 1. The lowest BCUT2D eigenvalue weighted by atomic mass is 9.65. The fourth-order valence-electron chi connectivity index (χ4n) is 6.47. The van der Waals surface area contributed by atoms with Crippen LogP contribution in [0.5, 0.6) is 0 Å². The number of carbonyl (C=O) groups is 3. The highest BCUT2D eigenvalue weighted by Gasteiger charge is 2.60. The third-order valence-electron chi connectivity index (χ3n) is 8.02. The first-order valence-electron chi connectivity index (χ1n) is 11.6. The van der Waals surface area contributed by atoms with E-state index in [9.17, 15) is 14.4 Å². The van der Waals surface area contributed by atoms with Crippen LogP contribution in [0.15, 0.2) is 12.1 Å². The number of anilines is 2. The minimum absolute atomic E-state index is 0.00496. The highest BCUT2D eigenvalue weighted by Crippen LogP contribution is 2.50. The summed E-state index contributed by atoms with van der Waals surface area (Å²) in [6.07, 6.45) is -0.728. The summed E-state index contributed by atoms with van der Waals surface area (Å²) in [6, 6.07) is 2.94. The van der Waals surface area contributed by atoms with Gasteiger partial charge in [-0.3, -0.25) is 19.7 Å². The number of hydrogen-bond donors (Lipinski definition) is 2. The average molecular weight is 459 g/mol. The zero-order chi connectivity index (χ0) is 23.8. The molecule has 0 bridgehead atoms. The summed E-state index contributed by atoms with van der Waals surface area (Å²) >= 11 is 0. The zero-order valence-corrected chi connectivity index (χ0v) is 19.4. The van der Waals surface area contributed by atoms with E-state index < -0.39 is 29.4 Å². The third-order valence-corrected chi connectivity index (χ3v) is 8.02. The number of carbonyl (C=O) groups excluding carboxylic acids is 3. The first kappa shape index (κ1) is 22.3. The molecule has 2 saturated heterocycles. The maximum Gasteiger partial charge on any atom is 0.242 e. The second kappa shape index (κ2) is 7.50. The topological polar surface area (TPSA) is 105 Å². The van der Waals surface area contributed by atoms with Crippen LogP contribution in [-0.2, 0) is 25.5 Å². The van der Waals surface area contributed by atoms with Crippen molar-refractivity contribution in [1.82, 2.24) is 5.32 Å². The normalized spacial score (nSPS) is 36.5. The van der Waals surface area contributed by atoms with Crippen molar-refractivity contribution in [2.24, 2.45) is 23.0 Å². The Labute approximate surface area is 192 Å². The van der Waals surface area contributed by atoms with E-state index >= 15 is 4.39 Å². The van der Waals surface area contributed by atoms with Gasteiger partial charge in [0.1, 0.15) is 17.0 Å². The zero-order valence-electron chi connectivity index (χ0n) is 19.4. The first-order chi connectivity index (χ1) is 15.5. The van der Waals surface area contributed by atoms with Gasteiger partial charge >= 0.3 is 0 Å². The molecule has 3 fully saturated rings. The Morgan fingerprint density at radius 1 is 1.15 bits per heavy atom. The molecule has 1 aromatic rings.